The zero-order chi connectivity index (χ0) is 19.7. The molecule has 1 aromatic carbocycles. The summed E-state index contributed by atoms with van der Waals surface area (Å²) >= 11 is 11.9. The van der Waals surface area contributed by atoms with E-state index < -0.39 is 18.0 Å². The Hall–Kier alpha value is -1.83. The predicted octanol–water partition coefficient (Wildman–Crippen LogP) is 2.88. The van der Waals surface area contributed by atoms with Gasteiger partial charge in [-0.1, -0.05) is 30.1 Å². The third kappa shape index (κ3) is 7.19. The number of hydrogen-bond acceptors (Lipinski definition) is 4. The number of carbonyl (C=O) groups is 3. The van der Waals surface area contributed by atoms with E-state index in [1.807, 2.05) is 6.92 Å². The van der Waals surface area contributed by atoms with Gasteiger partial charge in [-0.15, -0.1) is 0 Å². The monoisotopic (exact) mass is 402 g/mol. The molecule has 9 heteroatoms. The average Bonchev–Trinajstić information content (AvgIpc) is 2.56. The zero-order valence-corrected chi connectivity index (χ0v) is 16.6. The smallest absolute Gasteiger partial charge is 0.321 e. The van der Waals surface area contributed by atoms with Crippen molar-refractivity contribution in [3.63, 3.8) is 0 Å². The van der Waals surface area contributed by atoms with Gasteiger partial charge in [0.15, 0.2) is 0 Å². The van der Waals surface area contributed by atoms with Crippen molar-refractivity contribution in [2.45, 2.75) is 33.2 Å². The van der Waals surface area contributed by atoms with Crippen LogP contribution >= 0.6 is 23.2 Å². The first-order valence-electron chi connectivity index (χ1n) is 8.36. The van der Waals surface area contributed by atoms with E-state index in [4.69, 9.17) is 23.2 Å². The van der Waals surface area contributed by atoms with Crippen molar-refractivity contribution < 1.29 is 14.4 Å². The molecule has 0 saturated heterocycles. The minimum Gasteiger partial charge on any atom is -0.338 e. The SMILES string of the molecule is CCCN(CC(=O)Nc1ccc(Cl)cc1Cl)C(C)C(=O)NC(=O)NCC. The van der Waals surface area contributed by atoms with E-state index in [-0.39, 0.29) is 12.5 Å². The molecule has 0 fully saturated rings. The standard InChI is InChI=1S/C17H24Cl2N4O3/c1-4-8-23(11(3)16(25)22-17(26)20-5-2)10-15(24)21-14-7-6-12(18)9-13(14)19/h6-7,9,11H,4-5,8,10H2,1-3H3,(H,21,24)(H2,20,22,25,26). The van der Waals surface area contributed by atoms with Gasteiger partial charge in [-0.05, 0) is 45.0 Å². The third-order valence-corrected chi connectivity index (χ3v) is 4.11. The van der Waals surface area contributed by atoms with Crippen molar-refractivity contribution in [1.82, 2.24) is 15.5 Å². The van der Waals surface area contributed by atoms with Crippen LogP contribution in [0.1, 0.15) is 27.2 Å². The molecule has 1 rings (SSSR count). The zero-order valence-electron chi connectivity index (χ0n) is 15.1. The largest absolute Gasteiger partial charge is 0.338 e. The first-order valence-corrected chi connectivity index (χ1v) is 9.11. The molecule has 0 saturated carbocycles. The van der Waals surface area contributed by atoms with E-state index in [1.54, 1.807) is 30.9 Å². The minimum absolute atomic E-state index is 0.0171. The maximum absolute atomic E-state index is 12.3. The first-order chi connectivity index (χ1) is 12.3. The molecule has 0 aliphatic heterocycles. The van der Waals surface area contributed by atoms with Gasteiger partial charge in [0.1, 0.15) is 0 Å². The number of nitrogens with zero attached hydrogens (tertiary/aromatic N) is 1. The number of rotatable bonds is 8. The Morgan fingerprint density at radius 3 is 2.46 bits per heavy atom. The molecule has 0 heterocycles. The van der Waals surface area contributed by atoms with Crippen molar-refractivity contribution in [1.29, 1.82) is 0 Å². The quantitative estimate of drug-likeness (QED) is 0.623. The predicted molar refractivity (Wildman–Crippen MR) is 104 cm³/mol. The van der Waals surface area contributed by atoms with Gasteiger partial charge in [-0.2, -0.15) is 0 Å². The summed E-state index contributed by atoms with van der Waals surface area (Å²) in [4.78, 5) is 37.7. The van der Waals surface area contributed by atoms with E-state index in [9.17, 15) is 14.4 Å². The number of amides is 4. The fourth-order valence-corrected chi connectivity index (χ4v) is 2.70. The summed E-state index contributed by atoms with van der Waals surface area (Å²) in [6, 6.07) is 3.56. The lowest BCUT2D eigenvalue weighted by molar-refractivity contribution is -0.126. The second-order valence-corrected chi connectivity index (χ2v) is 6.51. The van der Waals surface area contributed by atoms with Crippen LogP contribution in [0, 0.1) is 0 Å². The van der Waals surface area contributed by atoms with Gasteiger partial charge in [0.05, 0.1) is 23.3 Å². The Balaban J connectivity index is 2.71. The number of imide groups is 1. The van der Waals surface area contributed by atoms with Crippen molar-refractivity contribution in [3.8, 4) is 0 Å². The topological polar surface area (TPSA) is 90.5 Å². The molecule has 1 aromatic rings. The maximum Gasteiger partial charge on any atom is 0.321 e. The van der Waals surface area contributed by atoms with Gasteiger partial charge in [-0.25, -0.2) is 4.79 Å². The highest BCUT2D eigenvalue weighted by Crippen LogP contribution is 2.25. The van der Waals surface area contributed by atoms with Crippen LogP contribution in [0.25, 0.3) is 0 Å². The molecular weight excluding hydrogens is 379 g/mol. The number of halogens is 2. The average molecular weight is 403 g/mol. The molecule has 26 heavy (non-hydrogen) atoms. The molecule has 1 atom stereocenters. The molecule has 4 amide bonds. The molecule has 144 valence electrons. The van der Waals surface area contributed by atoms with Crippen LogP contribution in [0.5, 0.6) is 0 Å². The number of carbonyl (C=O) groups excluding carboxylic acids is 3. The van der Waals surface area contributed by atoms with Crippen molar-refractivity contribution >= 4 is 46.7 Å². The van der Waals surface area contributed by atoms with E-state index >= 15 is 0 Å². The molecule has 0 aliphatic carbocycles. The van der Waals surface area contributed by atoms with Crippen LogP contribution in [0.4, 0.5) is 10.5 Å². The van der Waals surface area contributed by atoms with Gasteiger partial charge < -0.3 is 10.6 Å². The minimum atomic E-state index is -0.649. The van der Waals surface area contributed by atoms with Crippen LogP contribution in [0.15, 0.2) is 18.2 Å². The van der Waals surface area contributed by atoms with Gasteiger partial charge >= 0.3 is 6.03 Å². The Bertz CT molecular complexity index is 655. The summed E-state index contributed by atoms with van der Waals surface area (Å²) in [6.07, 6.45) is 0.744. The number of benzene rings is 1. The summed E-state index contributed by atoms with van der Waals surface area (Å²) in [6.45, 7) is 6.25. The van der Waals surface area contributed by atoms with E-state index in [1.165, 1.54) is 6.07 Å². The molecule has 7 nitrogen and oxygen atoms in total. The highest BCUT2D eigenvalue weighted by Gasteiger charge is 2.24. The molecule has 3 N–H and O–H groups in total. The number of urea groups is 1. The van der Waals surface area contributed by atoms with Crippen LogP contribution in [0.2, 0.25) is 10.0 Å². The van der Waals surface area contributed by atoms with Crippen molar-refractivity contribution in [3.05, 3.63) is 28.2 Å². The highest BCUT2D eigenvalue weighted by molar-refractivity contribution is 6.36. The number of hydrogen-bond donors (Lipinski definition) is 3. The van der Waals surface area contributed by atoms with Crippen LogP contribution < -0.4 is 16.0 Å². The van der Waals surface area contributed by atoms with E-state index in [2.05, 4.69) is 16.0 Å². The fourth-order valence-electron chi connectivity index (χ4n) is 2.25. The Morgan fingerprint density at radius 2 is 1.88 bits per heavy atom. The van der Waals surface area contributed by atoms with Crippen molar-refractivity contribution in [2.24, 2.45) is 0 Å². The summed E-state index contributed by atoms with van der Waals surface area (Å²) < 4.78 is 0. The van der Waals surface area contributed by atoms with Crippen LogP contribution in [-0.4, -0.2) is 48.4 Å². The summed E-state index contributed by atoms with van der Waals surface area (Å²) in [5.41, 5.74) is 0.442. The van der Waals surface area contributed by atoms with E-state index in [0.29, 0.717) is 28.8 Å². The molecular formula is C17H24Cl2N4O3. The Morgan fingerprint density at radius 1 is 1.19 bits per heavy atom. The van der Waals surface area contributed by atoms with Gasteiger partial charge in [0, 0.05) is 11.6 Å². The highest BCUT2D eigenvalue weighted by atomic mass is 35.5. The molecule has 1 unspecified atom stereocenters. The molecule has 0 aliphatic rings. The lowest BCUT2D eigenvalue weighted by Crippen LogP contribution is -2.51. The van der Waals surface area contributed by atoms with Gasteiger partial charge in [0.25, 0.3) is 0 Å². The molecule has 0 radical (unpaired) electrons. The van der Waals surface area contributed by atoms with Gasteiger partial charge in [0.2, 0.25) is 11.8 Å². The lowest BCUT2D eigenvalue weighted by Gasteiger charge is -2.27. The second kappa shape index (κ2) is 11.0. The fraction of sp³-hybridized carbons (Fsp3) is 0.471. The molecule has 0 aromatic heterocycles. The third-order valence-electron chi connectivity index (χ3n) is 3.56. The number of anilines is 1. The first kappa shape index (κ1) is 22.2. The summed E-state index contributed by atoms with van der Waals surface area (Å²) in [5, 5.41) is 8.25. The Labute approximate surface area is 163 Å². The van der Waals surface area contributed by atoms with Crippen LogP contribution in [-0.2, 0) is 9.59 Å². The van der Waals surface area contributed by atoms with Crippen LogP contribution in [0.3, 0.4) is 0 Å². The Kier molecular flexibility index (Phi) is 9.40. The normalized spacial score (nSPS) is 11.8. The maximum atomic E-state index is 12.3. The second-order valence-electron chi connectivity index (χ2n) is 5.67. The number of nitrogens with one attached hydrogen (secondary N) is 3. The molecule has 0 bridgehead atoms. The summed E-state index contributed by atoms with van der Waals surface area (Å²) in [7, 11) is 0. The van der Waals surface area contributed by atoms with E-state index in [0.717, 1.165) is 6.42 Å². The van der Waals surface area contributed by atoms with Gasteiger partial charge in [-0.3, -0.25) is 19.8 Å². The summed E-state index contributed by atoms with van der Waals surface area (Å²) in [5.74, 6) is -0.790. The van der Waals surface area contributed by atoms with Crippen molar-refractivity contribution in [2.75, 3.05) is 25.0 Å². The molecule has 0 spiro atoms. The lowest BCUT2D eigenvalue weighted by atomic mass is 10.2.